The highest BCUT2D eigenvalue weighted by Crippen LogP contribution is 2.32. The number of nitrogens with two attached hydrogens (primary N) is 1. The molecule has 1 heterocycles. The lowest BCUT2D eigenvalue weighted by Crippen LogP contribution is -2.18. The molecule has 0 amide bonds. The topological polar surface area (TPSA) is 38.9 Å². The van der Waals surface area contributed by atoms with E-state index in [9.17, 15) is 8.78 Å². The van der Waals surface area contributed by atoms with Crippen molar-refractivity contribution in [2.75, 3.05) is 6.54 Å². The minimum Gasteiger partial charge on any atom is -0.330 e. The number of aryl methyl sites for hydroxylation is 1. The predicted molar refractivity (Wildman–Crippen MR) is 64.0 cm³/mol. The van der Waals surface area contributed by atoms with Crippen LogP contribution in [0, 0.1) is 6.92 Å². The van der Waals surface area contributed by atoms with Crippen molar-refractivity contribution in [1.29, 1.82) is 0 Å². The van der Waals surface area contributed by atoms with Crippen LogP contribution in [-0.2, 0) is 5.92 Å². The van der Waals surface area contributed by atoms with Crippen molar-refractivity contribution in [3.8, 4) is 0 Å². The Morgan fingerprint density at radius 2 is 2.00 bits per heavy atom. The van der Waals surface area contributed by atoms with Crippen LogP contribution in [0.2, 0.25) is 0 Å². The van der Waals surface area contributed by atoms with Gasteiger partial charge in [-0.3, -0.25) is 4.98 Å². The molecule has 0 aliphatic rings. The van der Waals surface area contributed by atoms with Gasteiger partial charge in [0.15, 0.2) is 0 Å². The largest absolute Gasteiger partial charge is 0.330 e. The normalized spacial score (nSPS) is 12.0. The molecule has 0 radical (unpaired) electrons. The number of nitrogens with zero attached hydrogens (tertiary/aromatic N) is 1. The Morgan fingerprint density at radius 3 is 2.71 bits per heavy atom. The Hall–Kier alpha value is -1.55. The van der Waals surface area contributed by atoms with E-state index in [1.54, 1.807) is 12.1 Å². The van der Waals surface area contributed by atoms with E-state index >= 15 is 0 Å². The van der Waals surface area contributed by atoms with E-state index in [1.807, 2.05) is 13.0 Å². The zero-order chi connectivity index (χ0) is 12.5. The van der Waals surface area contributed by atoms with Crippen molar-refractivity contribution in [1.82, 2.24) is 4.98 Å². The number of benzene rings is 1. The molecule has 1 aromatic heterocycles. The van der Waals surface area contributed by atoms with Gasteiger partial charge in [-0.15, -0.1) is 0 Å². The van der Waals surface area contributed by atoms with Crippen LogP contribution in [-0.4, -0.2) is 11.5 Å². The monoisotopic (exact) mass is 236 g/mol. The smallest absolute Gasteiger partial charge is 0.274 e. The van der Waals surface area contributed by atoms with Crippen LogP contribution in [0.4, 0.5) is 8.78 Å². The molecule has 2 nitrogen and oxygen atoms in total. The molecular formula is C13H14F2N2. The molecule has 17 heavy (non-hydrogen) atoms. The van der Waals surface area contributed by atoms with Gasteiger partial charge in [0, 0.05) is 23.1 Å². The average Bonchev–Trinajstić information content (AvgIpc) is 2.28. The fourth-order valence-electron chi connectivity index (χ4n) is 1.78. The summed E-state index contributed by atoms with van der Waals surface area (Å²) in [6.07, 6.45) is -0.336. The summed E-state index contributed by atoms with van der Waals surface area (Å²) >= 11 is 0. The molecular weight excluding hydrogens is 222 g/mol. The first-order valence-corrected chi connectivity index (χ1v) is 5.49. The minimum atomic E-state index is -2.87. The molecule has 0 fully saturated rings. The van der Waals surface area contributed by atoms with Crippen LogP contribution >= 0.6 is 0 Å². The lowest BCUT2D eigenvalue weighted by molar-refractivity contribution is -0.0105. The van der Waals surface area contributed by atoms with Crippen LogP contribution in [0.15, 0.2) is 30.3 Å². The van der Waals surface area contributed by atoms with Gasteiger partial charge in [0.25, 0.3) is 5.92 Å². The fraction of sp³-hybridized carbons (Fsp3) is 0.308. The molecule has 2 N–H and O–H groups in total. The second-order valence-electron chi connectivity index (χ2n) is 4.10. The van der Waals surface area contributed by atoms with E-state index < -0.39 is 5.92 Å². The number of aromatic nitrogens is 1. The molecule has 0 saturated heterocycles. The molecule has 2 rings (SSSR count). The quantitative estimate of drug-likeness (QED) is 0.889. The van der Waals surface area contributed by atoms with Crippen LogP contribution in [0.25, 0.3) is 10.9 Å². The third-order valence-electron chi connectivity index (χ3n) is 2.71. The standard InChI is InChI=1S/C13H14F2N2/c1-9-2-3-10-8-11(4-5-12(10)17-9)13(14,15)6-7-16/h2-5,8H,6-7,16H2,1H3. The van der Waals surface area contributed by atoms with E-state index in [1.165, 1.54) is 12.1 Å². The number of rotatable bonds is 3. The van der Waals surface area contributed by atoms with E-state index in [0.717, 1.165) is 16.6 Å². The predicted octanol–water partition coefficient (Wildman–Crippen LogP) is 2.98. The van der Waals surface area contributed by atoms with Crippen molar-refractivity contribution in [2.24, 2.45) is 5.73 Å². The summed E-state index contributed by atoms with van der Waals surface area (Å²) in [7, 11) is 0. The molecule has 0 saturated carbocycles. The lowest BCUT2D eigenvalue weighted by Gasteiger charge is -2.16. The van der Waals surface area contributed by atoms with Crippen LogP contribution in [0.5, 0.6) is 0 Å². The van der Waals surface area contributed by atoms with Gasteiger partial charge in [-0.25, -0.2) is 8.78 Å². The summed E-state index contributed by atoms with van der Waals surface area (Å²) in [5, 5.41) is 0.727. The number of hydrogen-bond acceptors (Lipinski definition) is 2. The Labute approximate surface area is 98.5 Å². The average molecular weight is 236 g/mol. The second-order valence-corrected chi connectivity index (χ2v) is 4.10. The van der Waals surface area contributed by atoms with Gasteiger partial charge in [-0.1, -0.05) is 12.1 Å². The Morgan fingerprint density at radius 1 is 1.24 bits per heavy atom. The summed E-state index contributed by atoms with van der Waals surface area (Å²) in [5.74, 6) is -2.87. The molecule has 0 unspecified atom stereocenters. The molecule has 90 valence electrons. The van der Waals surface area contributed by atoms with E-state index in [2.05, 4.69) is 4.98 Å². The van der Waals surface area contributed by atoms with Crippen molar-refractivity contribution >= 4 is 10.9 Å². The number of alkyl halides is 2. The van der Waals surface area contributed by atoms with Gasteiger partial charge in [0.2, 0.25) is 0 Å². The lowest BCUT2D eigenvalue weighted by atomic mass is 10.0. The highest BCUT2D eigenvalue weighted by Gasteiger charge is 2.30. The SMILES string of the molecule is Cc1ccc2cc(C(F)(F)CCN)ccc2n1. The van der Waals surface area contributed by atoms with Crippen molar-refractivity contribution < 1.29 is 8.78 Å². The molecule has 1 aromatic carbocycles. The first kappa shape index (κ1) is 11.9. The van der Waals surface area contributed by atoms with Crippen molar-refractivity contribution in [2.45, 2.75) is 19.3 Å². The van der Waals surface area contributed by atoms with Gasteiger partial charge in [-0.05, 0) is 31.7 Å². The molecule has 0 aliphatic carbocycles. The molecule has 0 bridgehead atoms. The maximum atomic E-state index is 13.7. The first-order valence-electron chi connectivity index (χ1n) is 5.49. The molecule has 4 heteroatoms. The van der Waals surface area contributed by atoms with Gasteiger partial charge in [0.05, 0.1) is 5.52 Å². The zero-order valence-corrected chi connectivity index (χ0v) is 9.58. The minimum absolute atomic E-state index is 0.00102. The van der Waals surface area contributed by atoms with E-state index in [0.29, 0.717) is 0 Å². The first-order chi connectivity index (χ1) is 8.03. The summed E-state index contributed by atoms with van der Waals surface area (Å²) in [6, 6.07) is 8.15. The zero-order valence-electron chi connectivity index (χ0n) is 9.58. The fourth-order valence-corrected chi connectivity index (χ4v) is 1.78. The molecule has 2 aromatic rings. The number of fused-ring (bicyclic) bond motifs is 1. The number of hydrogen-bond donors (Lipinski definition) is 1. The number of pyridine rings is 1. The maximum absolute atomic E-state index is 13.7. The van der Waals surface area contributed by atoms with Crippen molar-refractivity contribution in [3.63, 3.8) is 0 Å². The third-order valence-corrected chi connectivity index (χ3v) is 2.71. The van der Waals surface area contributed by atoms with E-state index in [4.69, 9.17) is 5.73 Å². The van der Waals surface area contributed by atoms with Gasteiger partial charge >= 0.3 is 0 Å². The summed E-state index contributed by atoms with van der Waals surface area (Å²) in [4.78, 5) is 4.28. The molecule has 0 spiro atoms. The molecule has 0 aliphatic heterocycles. The Kier molecular flexibility index (Phi) is 3.07. The van der Waals surface area contributed by atoms with Crippen molar-refractivity contribution in [3.05, 3.63) is 41.6 Å². The second kappa shape index (κ2) is 4.37. The van der Waals surface area contributed by atoms with Crippen LogP contribution in [0.3, 0.4) is 0 Å². The van der Waals surface area contributed by atoms with Crippen LogP contribution in [0.1, 0.15) is 17.7 Å². The summed E-state index contributed by atoms with van der Waals surface area (Å²) in [6.45, 7) is 1.84. The number of halogens is 2. The summed E-state index contributed by atoms with van der Waals surface area (Å²) < 4.78 is 27.3. The molecule has 0 atom stereocenters. The Bertz CT molecular complexity index is 538. The Balaban J connectivity index is 2.48. The van der Waals surface area contributed by atoms with E-state index in [-0.39, 0.29) is 18.5 Å². The third kappa shape index (κ3) is 2.42. The summed E-state index contributed by atoms with van der Waals surface area (Å²) in [5.41, 5.74) is 6.80. The highest BCUT2D eigenvalue weighted by atomic mass is 19.3. The highest BCUT2D eigenvalue weighted by molar-refractivity contribution is 5.79. The van der Waals surface area contributed by atoms with Gasteiger partial charge < -0.3 is 5.73 Å². The van der Waals surface area contributed by atoms with Gasteiger partial charge in [-0.2, -0.15) is 0 Å². The maximum Gasteiger partial charge on any atom is 0.274 e. The van der Waals surface area contributed by atoms with Gasteiger partial charge in [0.1, 0.15) is 0 Å². The van der Waals surface area contributed by atoms with Crippen LogP contribution < -0.4 is 5.73 Å².